The lowest BCUT2D eigenvalue weighted by Gasteiger charge is -2.09. The summed E-state index contributed by atoms with van der Waals surface area (Å²) in [5, 5.41) is 9.14. The fourth-order valence-electron chi connectivity index (χ4n) is 0.452. The van der Waals surface area contributed by atoms with Gasteiger partial charge < -0.3 is 9.84 Å². The van der Waals surface area contributed by atoms with Gasteiger partial charge in [-0.2, -0.15) is 13.2 Å². The van der Waals surface area contributed by atoms with Crippen LogP contribution in [0.15, 0.2) is 0 Å². The molecule has 0 spiro atoms. The Morgan fingerprint density at radius 2 is 2.00 bits per heavy atom. The molecule has 12 heavy (non-hydrogen) atoms. The zero-order valence-corrected chi connectivity index (χ0v) is 7.86. The third-order valence-electron chi connectivity index (χ3n) is 1.02. The average Bonchev–Trinajstić information content (AvgIpc) is 1.96. The van der Waals surface area contributed by atoms with Crippen LogP contribution in [-0.4, -0.2) is 35.9 Å². The van der Waals surface area contributed by atoms with Crippen molar-refractivity contribution in [1.82, 2.24) is 0 Å². The highest BCUT2D eigenvalue weighted by molar-refractivity contribution is 9.09. The Labute approximate surface area is 76.8 Å². The third-order valence-corrected chi connectivity index (χ3v) is 1.77. The number of rotatable bonds is 5. The van der Waals surface area contributed by atoms with Crippen molar-refractivity contribution < 1.29 is 23.0 Å². The third kappa shape index (κ3) is 8.29. The molecular formula is C6H10BrF3O2. The zero-order valence-electron chi connectivity index (χ0n) is 6.27. The SMILES string of the molecule is OC(CBr)COCCC(F)(F)F. The molecule has 0 saturated carbocycles. The lowest BCUT2D eigenvalue weighted by atomic mass is 10.4. The van der Waals surface area contributed by atoms with Crippen molar-refractivity contribution in [2.24, 2.45) is 0 Å². The molecule has 0 aromatic rings. The number of alkyl halides is 4. The van der Waals surface area contributed by atoms with Gasteiger partial charge >= 0.3 is 6.18 Å². The first-order chi connectivity index (χ1) is 5.45. The zero-order chi connectivity index (χ0) is 9.61. The Balaban J connectivity index is 3.22. The van der Waals surface area contributed by atoms with Crippen molar-refractivity contribution in [3.05, 3.63) is 0 Å². The summed E-state index contributed by atoms with van der Waals surface area (Å²) in [5.41, 5.74) is 0. The maximum Gasteiger partial charge on any atom is 0.391 e. The van der Waals surface area contributed by atoms with Crippen molar-refractivity contribution in [2.45, 2.75) is 18.7 Å². The summed E-state index contributed by atoms with van der Waals surface area (Å²) in [5.74, 6) is 0. The van der Waals surface area contributed by atoms with E-state index in [1.807, 2.05) is 0 Å². The molecule has 1 atom stereocenters. The lowest BCUT2D eigenvalue weighted by molar-refractivity contribution is -0.146. The molecule has 1 N–H and O–H groups in total. The molecule has 74 valence electrons. The first-order valence-corrected chi connectivity index (χ1v) is 4.46. The number of halogens is 4. The van der Waals surface area contributed by atoms with Crippen LogP contribution in [-0.2, 0) is 4.74 Å². The standard InChI is InChI=1S/C6H10BrF3O2/c7-3-5(11)4-12-2-1-6(8,9)10/h5,11H,1-4H2. The van der Waals surface area contributed by atoms with Gasteiger partial charge in [0.25, 0.3) is 0 Å². The van der Waals surface area contributed by atoms with Gasteiger partial charge in [0, 0.05) is 5.33 Å². The van der Waals surface area contributed by atoms with Crippen LogP contribution in [0.4, 0.5) is 13.2 Å². The second-order valence-electron chi connectivity index (χ2n) is 2.25. The summed E-state index contributed by atoms with van der Waals surface area (Å²) in [6.45, 7) is -0.463. The van der Waals surface area contributed by atoms with E-state index in [1.54, 1.807) is 0 Å². The van der Waals surface area contributed by atoms with Crippen LogP contribution >= 0.6 is 15.9 Å². The van der Waals surface area contributed by atoms with Crippen LogP contribution in [0, 0.1) is 0 Å². The topological polar surface area (TPSA) is 29.5 Å². The van der Waals surface area contributed by atoms with Crippen LogP contribution in [0.1, 0.15) is 6.42 Å². The van der Waals surface area contributed by atoms with Gasteiger partial charge in [0.2, 0.25) is 0 Å². The number of aliphatic hydroxyl groups is 1. The Morgan fingerprint density at radius 1 is 1.42 bits per heavy atom. The largest absolute Gasteiger partial charge is 0.391 e. The summed E-state index contributed by atoms with van der Waals surface area (Å²) in [7, 11) is 0. The van der Waals surface area contributed by atoms with E-state index >= 15 is 0 Å². The first-order valence-electron chi connectivity index (χ1n) is 3.34. The summed E-state index contributed by atoms with van der Waals surface area (Å²) >= 11 is 2.95. The molecule has 0 aliphatic carbocycles. The molecule has 0 saturated heterocycles. The highest BCUT2D eigenvalue weighted by Crippen LogP contribution is 2.18. The van der Waals surface area contributed by atoms with Crippen LogP contribution in [0.2, 0.25) is 0 Å². The van der Waals surface area contributed by atoms with Gasteiger partial charge in [-0.25, -0.2) is 0 Å². The molecule has 0 fully saturated rings. The fourth-order valence-corrected chi connectivity index (χ4v) is 0.639. The van der Waals surface area contributed by atoms with Crippen molar-refractivity contribution in [3.63, 3.8) is 0 Å². The second kappa shape index (κ2) is 5.77. The van der Waals surface area contributed by atoms with E-state index < -0.39 is 25.3 Å². The summed E-state index contributed by atoms with van der Waals surface area (Å²) in [4.78, 5) is 0. The van der Waals surface area contributed by atoms with E-state index in [2.05, 4.69) is 20.7 Å². The van der Waals surface area contributed by atoms with E-state index in [-0.39, 0.29) is 6.61 Å². The van der Waals surface area contributed by atoms with Crippen molar-refractivity contribution >= 4 is 15.9 Å². The highest BCUT2D eigenvalue weighted by Gasteiger charge is 2.26. The molecule has 0 bridgehead atoms. The predicted molar refractivity (Wildman–Crippen MR) is 41.3 cm³/mol. The molecule has 0 aliphatic rings. The van der Waals surface area contributed by atoms with Gasteiger partial charge in [-0.1, -0.05) is 15.9 Å². The smallest absolute Gasteiger partial charge is 0.390 e. The molecule has 2 nitrogen and oxygen atoms in total. The van der Waals surface area contributed by atoms with Crippen LogP contribution < -0.4 is 0 Å². The summed E-state index contributed by atoms with van der Waals surface area (Å²) in [6, 6.07) is 0. The van der Waals surface area contributed by atoms with Gasteiger partial charge in [-0.15, -0.1) is 0 Å². The van der Waals surface area contributed by atoms with E-state index in [1.165, 1.54) is 0 Å². The monoisotopic (exact) mass is 250 g/mol. The number of ether oxygens (including phenoxy) is 1. The predicted octanol–water partition coefficient (Wildman–Crippen LogP) is 1.71. The minimum absolute atomic E-state index is 0.0681. The first kappa shape index (κ1) is 12.2. The number of hydrogen-bond acceptors (Lipinski definition) is 2. The Bertz CT molecular complexity index is 118. The van der Waals surface area contributed by atoms with Crippen molar-refractivity contribution in [2.75, 3.05) is 18.5 Å². The van der Waals surface area contributed by atoms with Crippen molar-refractivity contribution in [1.29, 1.82) is 0 Å². The average molecular weight is 251 g/mol. The lowest BCUT2D eigenvalue weighted by Crippen LogP contribution is -2.19. The van der Waals surface area contributed by atoms with E-state index in [9.17, 15) is 13.2 Å². The molecule has 0 aromatic heterocycles. The highest BCUT2D eigenvalue weighted by atomic mass is 79.9. The van der Waals surface area contributed by atoms with Crippen LogP contribution in [0.3, 0.4) is 0 Å². The van der Waals surface area contributed by atoms with Gasteiger partial charge in [0.05, 0.1) is 25.7 Å². The molecule has 6 heteroatoms. The molecule has 0 aliphatic heterocycles. The molecule has 0 radical (unpaired) electrons. The molecule has 0 aromatic carbocycles. The second-order valence-corrected chi connectivity index (χ2v) is 2.90. The summed E-state index contributed by atoms with van der Waals surface area (Å²) < 4.78 is 39.1. The molecule has 0 heterocycles. The number of hydrogen-bond donors (Lipinski definition) is 1. The molecular weight excluding hydrogens is 241 g/mol. The van der Waals surface area contributed by atoms with Gasteiger partial charge in [0.15, 0.2) is 0 Å². The minimum Gasteiger partial charge on any atom is -0.390 e. The fraction of sp³-hybridized carbons (Fsp3) is 1.00. The molecule has 1 unspecified atom stereocenters. The van der Waals surface area contributed by atoms with Crippen molar-refractivity contribution in [3.8, 4) is 0 Å². The van der Waals surface area contributed by atoms with Gasteiger partial charge in [-0.05, 0) is 0 Å². The Hall–Kier alpha value is 0.190. The van der Waals surface area contributed by atoms with E-state index in [4.69, 9.17) is 5.11 Å². The van der Waals surface area contributed by atoms with Crippen LogP contribution in [0.5, 0.6) is 0 Å². The quantitative estimate of drug-likeness (QED) is 0.595. The minimum atomic E-state index is -4.18. The number of aliphatic hydroxyl groups excluding tert-OH is 1. The normalized spacial score (nSPS) is 14.8. The molecule has 0 rings (SSSR count). The van der Waals surface area contributed by atoms with Gasteiger partial charge in [-0.3, -0.25) is 0 Å². The molecule has 0 amide bonds. The van der Waals surface area contributed by atoms with E-state index in [0.717, 1.165) is 0 Å². The Morgan fingerprint density at radius 3 is 2.42 bits per heavy atom. The Kier molecular flexibility index (Phi) is 5.86. The summed E-state index contributed by atoms with van der Waals surface area (Å²) in [6.07, 6.45) is -5.89. The van der Waals surface area contributed by atoms with E-state index in [0.29, 0.717) is 5.33 Å². The maximum absolute atomic E-state index is 11.5. The van der Waals surface area contributed by atoms with Gasteiger partial charge in [0.1, 0.15) is 0 Å². The van der Waals surface area contributed by atoms with Crippen LogP contribution in [0.25, 0.3) is 0 Å². The maximum atomic E-state index is 11.5.